The van der Waals surface area contributed by atoms with Gasteiger partial charge in [0.1, 0.15) is 23.0 Å². The van der Waals surface area contributed by atoms with Gasteiger partial charge in [-0.3, -0.25) is 4.57 Å². The van der Waals surface area contributed by atoms with E-state index in [-0.39, 0.29) is 29.2 Å². The predicted octanol–water partition coefficient (Wildman–Crippen LogP) is 4.63. The van der Waals surface area contributed by atoms with Crippen molar-refractivity contribution in [3.8, 4) is 6.01 Å². The molecule has 4 rings (SSSR count). The Balaban J connectivity index is 1.75. The minimum Gasteiger partial charge on any atom is -0.452 e. The summed E-state index contributed by atoms with van der Waals surface area (Å²) in [4.78, 5) is 8.60. The van der Waals surface area contributed by atoms with Gasteiger partial charge in [-0.1, -0.05) is 30.1 Å². The molecule has 0 aromatic carbocycles. The summed E-state index contributed by atoms with van der Waals surface area (Å²) in [5.41, 5.74) is 0.795. The van der Waals surface area contributed by atoms with Crippen LogP contribution in [0.5, 0.6) is 6.01 Å². The van der Waals surface area contributed by atoms with Crippen molar-refractivity contribution in [2.24, 2.45) is 0 Å². The number of nitrogens with zero attached hydrogens (tertiary/aromatic N) is 3. The van der Waals surface area contributed by atoms with Gasteiger partial charge in [-0.15, -0.1) is 0 Å². The average molecular weight is 422 g/mol. The first-order valence-corrected chi connectivity index (χ1v) is 9.69. The number of ether oxygens (including phenoxy) is 3. The standard InChI is InChI=1S/C17H19Cl2F2N3O3/c1-2-11-17(20,21)12(8-26-11)27-16-22-10-7-9(18)14(19)23-15(10)24(16)13-5-3-4-6-25-13/h7,11-13H,2-6,8H2,1H3/t11-,12-,13?/m1/s1. The zero-order chi connectivity index (χ0) is 19.2. The number of rotatable bonds is 4. The van der Waals surface area contributed by atoms with Crippen molar-refractivity contribution in [3.63, 3.8) is 0 Å². The largest absolute Gasteiger partial charge is 0.452 e. The molecule has 2 aromatic heterocycles. The molecule has 4 heterocycles. The minimum absolute atomic E-state index is 0.00719. The molecule has 2 saturated heterocycles. The predicted molar refractivity (Wildman–Crippen MR) is 95.8 cm³/mol. The molecule has 0 spiro atoms. The van der Waals surface area contributed by atoms with Crippen molar-refractivity contribution in [2.45, 2.75) is 57.0 Å². The summed E-state index contributed by atoms with van der Waals surface area (Å²) in [5, 5.41) is 0.332. The molecule has 3 atom stereocenters. The van der Waals surface area contributed by atoms with Gasteiger partial charge < -0.3 is 14.2 Å². The van der Waals surface area contributed by atoms with Gasteiger partial charge in [0.2, 0.25) is 0 Å². The maximum Gasteiger partial charge on any atom is 0.311 e. The summed E-state index contributed by atoms with van der Waals surface area (Å²) >= 11 is 12.1. The molecule has 1 unspecified atom stereocenters. The van der Waals surface area contributed by atoms with Crippen LogP contribution in [0.25, 0.3) is 11.2 Å². The highest BCUT2D eigenvalue weighted by Crippen LogP contribution is 2.39. The molecular formula is C17H19Cl2F2N3O3. The second-order valence-electron chi connectivity index (χ2n) is 6.70. The van der Waals surface area contributed by atoms with E-state index in [0.717, 1.165) is 12.8 Å². The molecule has 10 heteroatoms. The lowest BCUT2D eigenvalue weighted by Gasteiger charge is -2.27. The third-order valence-corrected chi connectivity index (χ3v) is 5.59. The van der Waals surface area contributed by atoms with Crippen LogP contribution in [0, 0.1) is 0 Å². The Morgan fingerprint density at radius 2 is 2.11 bits per heavy atom. The molecule has 6 nitrogen and oxygen atoms in total. The molecule has 2 fully saturated rings. The second kappa shape index (κ2) is 7.31. The Labute approximate surface area is 164 Å². The number of halogens is 4. The van der Waals surface area contributed by atoms with E-state index >= 15 is 0 Å². The van der Waals surface area contributed by atoms with E-state index in [2.05, 4.69) is 9.97 Å². The first kappa shape index (κ1) is 19.1. The fraction of sp³-hybridized carbons (Fsp3) is 0.647. The molecule has 0 amide bonds. The van der Waals surface area contributed by atoms with Crippen LogP contribution in [-0.2, 0) is 9.47 Å². The number of pyridine rings is 1. The average Bonchev–Trinajstić information content (AvgIpc) is 3.13. The summed E-state index contributed by atoms with van der Waals surface area (Å²) in [6.45, 7) is 2.00. The molecule has 0 radical (unpaired) electrons. The molecule has 27 heavy (non-hydrogen) atoms. The highest BCUT2D eigenvalue weighted by Gasteiger charge is 2.55. The third kappa shape index (κ3) is 3.37. The summed E-state index contributed by atoms with van der Waals surface area (Å²) in [5.74, 6) is -3.12. The molecular weight excluding hydrogens is 403 g/mol. The number of aromatic nitrogens is 3. The van der Waals surface area contributed by atoms with Gasteiger partial charge in [-0.25, -0.2) is 4.98 Å². The van der Waals surface area contributed by atoms with Gasteiger partial charge in [0.25, 0.3) is 0 Å². The van der Waals surface area contributed by atoms with Crippen LogP contribution < -0.4 is 4.74 Å². The van der Waals surface area contributed by atoms with Gasteiger partial charge in [-0.05, 0) is 31.7 Å². The molecule has 0 aliphatic carbocycles. The van der Waals surface area contributed by atoms with Crippen LogP contribution in [0.15, 0.2) is 6.07 Å². The quantitative estimate of drug-likeness (QED) is 0.673. The highest BCUT2D eigenvalue weighted by molar-refractivity contribution is 6.41. The third-order valence-electron chi connectivity index (χ3n) is 4.91. The zero-order valence-electron chi connectivity index (χ0n) is 14.6. The van der Waals surface area contributed by atoms with Gasteiger partial charge >= 0.3 is 11.9 Å². The summed E-state index contributed by atoms with van der Waals surface area (Å²) in [6.07, 6.45) is -0.263. The fourth-order valence-electron chi connectivity index (χ4n) is 3.49. The van der Waals surface area contributed by atoms with Crippen LogP contribution >= 0.6 is 23.2 Å². The van der Waals surface area contributed by atoms with E-state index in [1.807, 2.05) is 0 Å². The first-order chi connectivity index (χ1) is 12.9. The lowest BCUT2D eigenvalue weighted by atomic mass is 10.1. The Hall–Kier alpha value is -1.22. The zero-order valence-corrected chi connectivity index (χ0v) is 16.1. The maximum absolute atomic E-state index is 14.5. The summed E-state index contributed by atoms with van der Waals surface area (Å²) in [7, 11) is 0. The van der Waals surface area contributed by atoms with E-state index in [4.69, 9.17) is 37.4 Å². The van der Waals surface area contributed by atoms with E-state index < -0.39 is 24.4 Å². The van der Waals surface area contributed by atoms with Crippen LogP contribution in [0.1, 0.15) is 38.8 Å². The number of imidazole rings is 1. The minimum atomic E-state index is -3.12. The monoisotopic (exact) mass is 421 g/mol. The van der Waals surface area contributed by atoms with E-state index in [1.54, 1.807) is 11.5 Å². The Bertz CT molecular complexity index is 842. The van der Waals surface area contributed by atoms with Gasteiger partial charge in [0, 0.05) is 6.61 Å². The van der Waals surface area contributed by atoms with E-state index in [1.165, 1.54) is 6.07 Å². The Kier molecular flexibility index (Phi) is 5.18. The molecule has 148 valence electrons. The molecule has 0 saturated carbocycles. The van der Waals surface area contributed by atoms with Crippen molar-refractivity contribution in [3.05, 3.63) is 16.2 Å². The Morgan fingerprint density at radius 3 is 2.78 bits per heavy atom. The lowest BCUT2D eigenvalue weighted by Crippen LogP contribution is -2.42. The second-order valence-corrected chi connectivity index (χ2v) is 7.47. The lowest BCUT2D eigenvalue weighted by molar-refractivity contribution is -0.109. The molecule has 2 aliphatic rings. The van der Waals surface area contributed by atoms with Crippen molar-refractivity contribution in [1.82, 2.24) is 14.5 Å². The normalized spacial score (nSPS) is 28.0. The first-order valence-electron chi connectivity index (χ1n) is 8.93. The van der Waals surface area contributed by atoms with Crippen LogP contribution in [-0.4, -0.2) is 45.9 Å². The van der Waals surface area contributed by atoms with E-state index in [0.29, 0.717) is 24.2 Å². The Morgan fingerprint density at radius 1 is 1.30 bits per heavy atom. The van der Waals surface area contributed by atoms with Gasteiger partial charge in [0.05, 0.1) is 11.6 Å². The number of hydrogen-bond donors (Lipinski definition) is 0. The van der Waals surface area contributed by atoms with Crippen LogP contribution in [0.2, 0.25) is 10.2 Å². The molecule has 2 aromatic rings. The summed E-state index contributed by atoms with van der Waals surface area (Å²) in [6, 6.07) is 1.55. The number of fused-ring (bicyclic) bond motifs is 1. The number of hydrogen-bond acceptors (Lipinski definition) is 5. The topological polar surface area (TPSA) is 58.4 Å². The van der Waals surface area contributed by atoms with Gasteiger partial charge in [-0.2, -0.15) is 13.8 Å². The SMILES string of the molecule is CC[C@H]1OC[C@@H](Oc2nc3cc(Cl)c(Cl)nc3n2C2CCCCO2)C1(F)F. The van der Waals surface area contributed by atoms with Crippen LogP contribution in [0.3, 0.4) is 0 Å². The van der Waals surface area contributed by atoms with Crippen LogP contribution in [0.4, 0.5) is 8.78 Å². The number of alkyl halides is 2. The van der Waals surface area contributed by atoms with Crippen molar-refractivity contribution >= 4 is 34.4 Å². The van der Waals surface area contributed by atoms with Crippen molar-refractivity contribution < 1.29 is 23.0 Å². The van der Waals surface area contributed by atoms with Crippen molar-refractivity contribution in [1.29, 1.82) is 0 Å². The fourth-order valence-corrected chi connectivity index (χ4v) is 3.77. The highest BCUT2D eigenvalue weighted by atomic mass is 35.5. The van der Waals surface area contributed by atoms with Crippen molar-refractivity contribution in [2.75, 3.05) is 13.2 Å². The smallest absolute Gasteiger partial charge is 0.311 e. The summed E-state index contributed by atoms with van der Waals surface area (Å²) < 4.78 is 47.3. The van der Waals surface area contributed by atoms with E-state index in [9.17, 15) is 8.78 Å². The van der Waals surface area contributed by atoms with Gasteiger partial charge in [0.15, 0.2) is 11.8 Å². The maximum atomic E-state index is 14.5. The molecule has 0 N–H and O–H groups in total. The molecule has 2 aliphatic heterocycles. The molecule has 0 bridgehead atoms.